The van der Waals surface area contributed by atoms with Crippen LogP contribution in [0.1, 0.15) is 11.4 Å². The molecule has 0 saturated carbocycles. The van der Waals surface area contributed by atoms with Crippen molar-refractivity contribution in [3.8, 4) is 17.2 Å². The van der Waals surface area contributed by atoms with Crippen LogP contribution in [0.15, 0.2) is 51.8 Å². The Morgan fingerprint density at radius 3 is 3.00 bits per heavy atom. The zero-order chi connectivity index (χ0) is 13.8. The lowest BCUT2D eigenvalue weighted by Crippen LogP contribution is -1.98. The largest absolute Gasteiger partial charge is 0.485 e. The van der Waals surface area contributed by atoms with Gasteiger partial charge in [-0.2, -0.15) is 4.98 Å². The van der Waals surface area contributed by atoms with Crippen molar-refractivity contribution in [1.82, 2.24) is 10.1 Å². The van der Waals surface area contributed by atoms with Gasteiger partial charge in [0, 0.05) is 0 Å². The molecule has 2 heterocycles. The molecule has 6 nitrogen and oxygen atoms in total. The number of rotatable bonds is 5. The SMILES string of the molecule is OCc1cccc(OCc2noc(-c3ccoc3)n2)c1. The third kappa shape index (κ3) is 2.70. The van der Waals surface area contributed by atoms with Gasteiger partial charge in [0.15, 0.2) is 6.61 Å². The summed E-state index contributed by atoms with van der Waals surface area (Å²) in [5, 5.41) is 12.9. The second kappa shape index (κ2) is 5.58. The Morgan fingerprint density at radius 1 is 1.25 bits per heavy atom. The highest BCUT2D eigenvalue weighted by Crippen LogP contribution is 2.18. The maximum atomic E-state index is 9.05. The second-order valence-electron chi connectivity index (χ2n) is 4.12. The highest BCUT2D eigenvalue weighted by Gasteiger charge is 2.10. The van der Waals surface area contributed by atoms with Gasteiger partial charge < -0.3 is 18.8 Å². The fraction of sp³-hybridized carbons (Fsp3) is 0.143. The molecule has 0 radical (unpaired) electrons. The minimum absolute atomic E-state index is 0.0238. The van der Waals surface area contributed by atoms with Crippen LogP contribution in [0.5, 0.6) is 5.75 Å². The molecule has 3 aromatic rings. The zero-order valence-electron chi connectivity index (χ0n) is 10.5. The number of hydrogen-bond acceptors (Lipinski definition) is 6. The van der Waals surface area contributed by atoms with Crippen LogP contribution in [-0.4, -0.2) is 15.2 Å². The molecule has 0 atom stereocenters. The minimum atomic E-state index is -0.0238. The van der Waals surface area contributed by atoms with Crippen LogP contribution < -0.4 is 4.74 Å². The van der Waals surface area contributed by atoms with Crippen molar-refractivity contribution in [3.63, 3.8) is 0 Å². The lowest BCUT2D eigenvalue weighted by molar-refractivity contribution is 0.274. The van der Waals surface area contributed by atoms with E-state index >= 15 is 0 Å². The summed E-state index contributed by atoms with van der Waals surface area (Å²) in [4.78, 5) is 4.20. The number of aromatic nitrogens is 2. The van der Waals surface area contributed by atoms with Crippen molar-refractivity contribution in [1.29, 1.82) is 0 Å². The van der Waals surface area contributed by atoms with E-state index in [1.165, 1.54) is 12.5 Å². The Balaban J connectivity index is 1.66. The monoisotopic (exact) mass is 272 g/mol. The van der Waals surface area contributed by atoms with Gasteiger partial charge in [0.05, 0.1) is 18.4 Å². The van der Waals surface area contributed by atoms with E-state index in [0.717, 1.165) is 11.1 Å². The third-order valence-electron chi connectivity index (χ3n) is 2.69. The second-order valence-corrected chi connectivity index (χ2v) is 4.12. The van der Waals surface area contributed by atoms with Gasteiger partial charge in [-0.05, 0) is 23.8 Å². The average molecular weight is 272 g/mol. The van der Waals surface area contributed by atoms with Crippen molar-refractivity contribution in [2.75, 3.05) is 0 Å². The van der Waals surface area contributed by atoms with E-state index in [-0.39, 0.29) is 13.2 Å². The summed E-state index contributed by atoms with van der Waals surface area (Å²) < 4.78 is 15.6. The third-order valence-corrected chi connectivity index (χ3v) is 2.69. The Labute approximate surface area is 114 Å². The quantitative estimate of drug-likeness (QED) is 0.768. The van der Waals surface area contributed by atoms with Crippen molar-refractivity contribution in [2.24, 2.45) is 0 Å². The van der Waals surface area contributed by atoms with Crippen molar-refractivity contribution in [3.05, 3.63) is 54.2 Å². The fourth-order valence-corrected chi connectivity index (χ4v) is 1.70. The van der Waals surface area contributed by atoms with E-state index in [1.54, 1.807) is 18.2 Å². The fourth-order valence-electron chi connectivity index (χ4n) is 1.70. The first-order chi connectivity index (χ1) is 9.85. The summed E-state index contributed by atoms with van der Waals surface area (Å²) in [6.07, 6.45) is 3.07. The van der Waals surface area contributed by atoms with Crippen LogP contribution in [-0.2, 0) is 13.2 Å². The van der Waals surface area contributed by atoms with E-state index < -0.39 is 0 Å². The number of ether oxygens (including phenoxy) is 1. The number of hydrogen-bond donors (Lipinski definition) is 1. The summed E-state index contributed by atoms with van der Waals surface area (Å²) >= 11 is 0. The molecule has 0 spiro atoms. The summed E-state index contributed by atoms with van der Waals surface area (Å²) in [5.74, 6) is 1.48. The van der Waals surface area contributed by atoms with Gasteiger partial charge >= 0.3 is 0 Å². The van der Waals surface area contributed by atoms with Gasteiger partial charge in [-0.3, -0.25) is 0 Å². The van der Waals surface area contributed by atoms with Crippen molar-refractivity contribution < 1.29 is 18.8 Å². The number of furan rings is 1. The Bertz CT molecular complexity index is 676. The highest BCUT2D eigenvalue weighted by atomic mass is 16.5. The smallest absolute Gasteiger partial charge is 0.261 e. The van der Waals surface area contributed by atoms with Gasteiger partial charge in [-0.1, -0.05) is 17.3 Å². The molecule has 3 rings (SSSR count). The molecule has 1 aromatic carbocycles. The first-order valence-corrected chi connectivity index (χ1v) is 6.03. The topological polar surface area (TPSA) is 81.5 Å². The number of aliphatic hydroxyl groups is 1. The van der Waals surface area contributed by atoms with E-state index in [0.29, 0.717) is 17.5 Å². The number of nitrogens with zero attached hydrogens (tertiary/aromatic N) is 2. The summed E-state index contributed by atoms with van der Waals surface area (Å²) in [7, 11) is 0. The molecule has 102 valence electrons. The van der Waals surface area contributed by atoms with E-state index in [9.17, 15) is 0 Å². The summed E-state index contributed by atoms with van der Waals surface area (Å²) in [6, 6.07) is 8.93. The molecule has 0 unspecified atom stereocenters. The molecule has 0 amide bonds. The molecule has 0 aliphatic carbocycles. The van der Waals surface area contributed by atoms with Crippen molar-refractivity contribution >= 4 is 0 Å². The lowest BCUT2D eigenvalue weighted by Gasteiger charge is -2.04. The van der Waals surface area contributed by atoms with Crippen LogP contribution in [0.3, 0.4) is 0 Å². The van der Waals surface area contributed by atoms with Crippen LogP contribution in [0.2, 0.25) is 0 Å². The predicted molar refractivity (Wildman–Crippen MR) is 68.7 cm³/mol. The van der Waals surface area contributed by atoms with Gasteiger partial charge in [0.2, 0.25) is 5.82 Å². The van der Waals surface area contributed by atoms with E-state index in [1.807, 2.05) is 12.1 Å². The lowest BCUT2D eigenvalue weighted by atomic mass is 10.2. The molecule has 6 heteroatoms. The van der Waals surface area contributed by atoms with Gasteiger partial charge in [0.1, 0.15) is 12.0 Å². The van der Waals surface area contributed by atoms with Crippen LogP contribution in [0.25, 0.3) is 11.5 Å². The average Bonchev–Trinajstić information content (AvgIpc) is 3.16. The summed E-state index contributed by atoms with van der Waals surface area (Å²) in [5.41, 5.74) is 1.51. The number of benzene rings is 1. The van der Waals surface area contributed by atoms with E-state index in [2.05, 4.69) is 10.1 Å². The van der Waals surface area contributed by atoms with Gasteiger partial charge in [-0.15, -0.1) is 0 Å². The number of aliphatic hydroxyl groups excluding tert-OH is 1. The maximum Gasteiger partial charge on any atom is 0.261 e. The van der Waals surface area contributed by atoms with Crippen LogP contribution in [0, 0.1) is 0 Å². The van der Waals surface area contributed by atoms with E-state index in [4.69, 9.17) is 18.8 Å². The van der Waals surface area contributed by atoms with Crippen molar-refractivity contribution in [2.45, 2.75) is 13.2 Å². The molecular weight excluding hydrogens is 260 g/mol. The first-order valence-electron chi connectivity index (χ1n) is 6.03. The molecule has 0 bridgehead atoms. The molecule has 0 aliphatic heterocycles. The van der Waals surface area contributed by atoms with Crippen LogP contribution >= 0.6 is 0 Å². The molecule has 0 saturated heterocycles. The Morgan fingerprint density at radius 2 is 2.20 bits per heavy atom. The molecule has 2 aromatic heterocycles. The first kappa shape index (κ1) is 12.4. The van der Waals surface area contributed by atoms with Gasteiger partial charge in [0.25, 0.3) is 5.89 Å². The molecule has 0 aliphatic rings. The normalized spacial score (nSPS) is 10.7. The molecule has 1 N–H and O–H groups in total. The molecule has 20 heavy (non-hydrogen) atoms. The maximum absolute atomic E-state index is 9.05. The predicted octanol–water partition coefficient (Wildman–Crippen LogP) is 2.40. The standard InChI is InChI=1S/C14H12N2O4/c17-7-10-2-1-3-12(6-10)19-9-13-15-14(20-16-13)11-4-5-18-8-11/h1-6,8,17H,7,9H2. The zero-order valence-corrected chi connectivity index (χ0v) is 10.5. The highest BCUT2D eigenvalue weighted by molar-refractivity contribution is 5.49. The Hall–Kier alpha value is -2.60. The summed E-state index contributed by atoms with van der Waals surface area (Å²) in [6.45, 7) is 0.167. The van der Waals surface area contributed by atoms with Gasteiger partial charge in [-0.25, -0.2) is 0 Å². The van der Waals surface area contributed by atoms with Crippen LogP contribution in [0.4, 0.5) is 0 Å². The minimum Gasteiger partial charge on any atom is -0.485 e. The molecular formula is C14H12N2O4. The Kier molecular flexibility index (Phi) is 3.47. The molecule has 0 fully saturated rings.